The summed E-state index contributed by atoms with van der Waals surface area (Å²) in [7, 11) is 0. The summed E-state index contributed by atoms with van der Waals surface area (Å²) in [4.78, 5) is 5.01. The van der Waals surface area contributed by atoms with Gasteiger partial charge in [0.15, 0.2) is 0 Å². The van der Waals surface area contributed by atoms with Gasteiger partial charge in [-0.05, 0) is 219 Å². The Morgan fingerprint density at radius 3 is 0.800 bits per heavy atom. The predicted molar refractivity (Wildman–Crippen MR) is 386 cm³/mol. The molecule has 2 nitrogen and oxygen atoms in total. The van der Waals surface area contributed by atoms with E-state index in [9.17, 15) is 0 Å². The van der Waals surface area contributed by atoms with E-state index in [0.717, 1.165) is 22.7 Å². The van der Waals surface area contributed by atoms with Crippen molar-refractivity contribution in [2.45, 2.75) is 53.4 Å². The van der Waals surface area contributed by atoms with E-state index in [1.807, 2.05) is 0 Å². The first-order valence-corrected chi connectivity index (χ1v) is 31.8. The van der Waals surface area contributed by atoms with Crippen LogP contribution in [0, 0.1) is 13.8 Å². The summed E-state index contributed by atoms with van der Waals surface area (Å²) < 4.78 is 0. The van der Waals surface area contributed by atoms with Gasteiger partial charge in [-0.1, -0.05) is 270 Å². The van der Waals surface area contributed by atoms with E-state index in [1.165, 1.54) is 144 Å². The van der Waals surface area contributed by atoms with Gasteiger partial charge in [-0.3, -0.25) is 0 Å². The molecule has 0 aliphatic heterocycles. The number of fused-ring (bicyclic) bond motifs is 6. The van der Waals surface area contributed by atoms with Crippen LogP contribution in [-0.2, 0) is 0 Å². The number of benzene rings is 14. The first-order valence-electron chi connectivity index (χ1n) is 31.8. The molecular formula is C88H70N2. The largest absolute Gasteiger partial charge is 0.310 e. The Labute approximate surface area is 530 Å². The Bertz CT molecular complexity index is 4660. The number of rotatable bonds is 14. The number of aryl methyl sites for hydroxylation is 2. The van der Waals surface area contributed by atoms with Crippen molar-refractivity contribution in [1.29, 1.82) is 0 Å². The molecule has 1 aliphatic carbocycles. The van der Waals surface area contributed by atoms with Gasteiger partial charge in [0.25, 0.3) is 0 Å². The molecule has 0 bridgehead atoms. The van der Waals surface area contributed by atoms with E-state index < -0.39 is 0 Å². The maximum Gasteiger partial charge on any atom is 0.0493 e. The first-order chi connectivity index (χ1) is 44.2. The van der Waals surface area contributed by atoms with E-state index in [0.29, 0.717) is 11.8 Å². The number of hydrogen-bond acceptors (Lipinski definition) is 2. The van der Waals surface area contributed by atoms with E-state index in [1.54, 1.807) is 0 Å². The highest BCUT2D eigenvalue weighted by atomic mass is 15.2. The molecule has 15 rings (SSSR count). The highest BCUT2D eigenvalue weighted by molar-refractivity contribution is 6.33. The van der Waals surface area contributed by atoms with Gasteiger partial charge in [0, 0.05) is 34.1 Å². The Morgan fingerprint density at radius 2 is 0.489 bits per heavy atom. The van der Waals surface area contributed by atoms with Crippen LogP contribution >= 0.6 is 0 Å². The Hall–Kier alpha value is -10.8. The monoisotopic (exact) mass is 1150 g/mol. The first kappa shape index (κ1) is 55.8. The molecule has 14 aromatic carbocycles. The lowest BCUT2D eigenvalue weighted by molar-refractivity contribution is 0.865. The van der Waals surface area contributed by atoms with Crippen molar-refractivity contribution in [1.82, 2.24) is 0 Å². The Morgan fingerprint density at radius 1 is 0.211 bits per heavy atom. The molecule has 0 atom stereocenters. The zero-order chi connectivity index (χ0) is 61.0. The lowest BCUT2D eigenvalue weighted by Gasteiger charge is -2.38. The molecule has 90 heavy (non-hydrogen) atoms. The van der Waals surface area contributed by atoms with Crippen LogP contribution in [0.3, 0.4) is 0 Å². The van der Waals surface area contributed by atoms with Crippen molar-refractivity contribution in [3.8, 4) is 89.0 Å². The summed E-state index contributed by atoms with van der Waals surface area (Å²) in [5.41, 5.74) is 31.3. The van der Waals surface area contributed by atoms with E-state index in [2.05, 4.69) is 355 Å². The molecule has 0 spiro atoms. The molecule has 0 aromatic heterocycles. The fourth-order valence-electron chi connectivity index (χ4n) is 14.0. The highest BCUT2D eigenvalue weighted by Crippen LogP contribution is 2.66. The molecule has 0 unspecified atom stereocenters. The fourth-order valence-corrected chi connectivity index (χ4v) is 14.0. The second-order valence-electron chi connectivity index (χ2n) is 24.8. The smallest absolute Gasteiger partial charge is 0.0493 e. The van der Waals surface area contributed by atoms with Crippen LogP contribution in [0.1, 0.15) is 61.8 Å². The van der Waals surface area contributed by atoms with Crippen LogP contribution in [0.5, 0.6) is 0 Å². The van der Waals surface area contributed by atoms with Crippen LogP contribution in [0.4, 0.5) is 34.1 Å². The Kier molecular flexibility index (Phi) is 14.5. The maximum absolute atomic E-state index is 2.51. The normalized spacial score (nSPS) is 11.6. The van der Waals surface area contributed by atoms with Crippen LogP contribution in [-0.4, -0.2) is 0 Å². The average molecular weight is 1160 g/mol. The standard InChI is InChI=1S/C88H70N2/c1-57(2)67-45-43-59(5)79(53-67)89(71-41-25-39-69(51-71)61-27-13-7-14-28-61)73-47-49-75-77(55-73)83(65-35-21-11-22-36-65)87-85(81(75)63-31-17-9-18-32-63)88-84(66-37-23-12-24-38-66)78-56-74(48-50-76(78)82(86(87)88)64-33-19-10-20-34-64)90(80-54-68(58(3)4)46-44-60(80)6)72-42-26-40-70(52-72)62-29-15-8-16-30-62/h7-58H,1-6H3. The molecule has 0 radical (unpaired) electrons. The molecule has 0 N–H and O–H groups in total. The summed E-state index contributed by atoms with van der Waals surface area (Å²) in [5.74, 6) is 0.694. The molecule has 432 valence electrons. The topological polar surface area (TPSA) is 6.48 Å². The van der Waals surface area contributed by atoms with Crippen molar-refractivity contribution in [2.75, 3.05) is 9.80 Å². The molecule has 0 heterocycles. The Balaban J connectivity index is 1.06. The summed E-state index contributed by atoms with van der Waals surface area (Å²) >= 11 is 0. The van der Waals surface area contributed by atoms with Crippen LogP contribution < -0.4 is 9.80 Å². The van der Waals surface area contributed by atoms with Gasteiger partial charge in [-0.2, -0.15) is 0 Å². The van der Waals surface area contributed by atoms with Crippen molar-refractivity contribution in [2.24, 2.45) is 0 Å². The fraction of sp³-hybridized carbons (Fsp3) is 0.0909. The molecule has 0 saturated carbocycles. The van der Waals surface area contributed by atoms with E-state index in [4.69, 9.17) is 0 Å². The number of nitrogens with zero attached hydrogens (tertiary/aromatic N) is 2. The summed E-state index contributed by atoms with van der Waals surface area (Å²) in [6, 6.07) is 113. The highest BCUT2D eigenvalue weighted by Gasteiger charge is 2.39. The van der Waals surface area contributed by atoms with Gasteiger partial charge in [-0.25, -0.2) is 0 Å². The number of anilines is 6. The van der Waals surface area contributed by atoms with Gasteiger partial charge in [0.1, 0.15) is 0 Å². The molecule has 0 saturated heterocycles. The summed E-state index contributed by atoms with van der Waals surface area (Å²) in [5, 5.41) is 4.81. The van der Waals surface area contributed by atoms with Gasteiger partial charge in [0.05, 0.1) is 0 Å². The second kappa shape index (κ2) is 23.4. The van der Waals surface area contributed by atoms with Crippen molar-refractivity contribution in [3.05, 3.63) is 326 Å². The quantitative estimate of drug-likeness (QED) is 0.107. The van der Waals surface area contributed by atoms with Gasteiger partial charge in [-0.15, -0.1) is 0 Å². The van der Waals surface area contributed by atoms with E-state index in [-0.39, 0.29) is 0 Å². The van der Waals surface area contributed by atoms with Crippen LogP contribution in [0.2, 0.25) is 0 Å². The van der Waals surface area contributed by atoms with Crippen molar-refractivity contribution < 1.29 is 0 Å². The van der Waals surface area contributed by atoms with E-state index >= 15 is 0 Å². The summed E-state index contributed by atoms with van der Waals surface area (Å²) in [6.07, 6.45) is 0. The van der Waals surface area contributed by atoms with Crippen LogP contribution in [0.25, 0.3) is 111 Å². The van der Waals surface area contributed by atoms with Crippen LogP contribution in [0.15, 0.2) is 303 Å². The third kappa shape index (κ3) is 9.86. The average Bonchev–Trinajstić information content (AvgIpc) is 0.673. The minimum Gasteiger partial charge on any atom is -0.310 e. The lowest BCUT2D eigenvalue weighted by atomic mass is 9.65. The summed E-state index contributed by atoms with van der Waals surface area (Å²) in [6.45, 7) is 13.7. The molecule has 14 aromatic rings. The molecule has 1 aliphatic rings. The lowest BCUT2D eigenvalue weighted by Crippen LogP contribution is -2.14. The third-order valence-corrected chi connectivity index (χ3v) is 18.6. The van der Waals surface area contributed by atoms with Crippen molar-refractivity contribution >= 4 is 55.7 Å². The second-order valence-corrected chi connectivity index (χ2v) is 24.8. The molecular weight excluding hydrogens is 1080 g/mol. The zero-order valence-electron chi connectivity index (χ0n) is 51.9. The molecule has 2 heteroatoms. The van der Waals surface area contributed by atoms with Gasteiger partial charge in [0.2, 0.25) is 0 Å². The predicted octanol–water partition coefficient (Wildman–Crippen LogP) is 25.4. The maximum atomic E-state index is 2.51. The van der Waals surface area contributed by atoms with Crippen molar-refractivity contribution in [3.63, 3.8) is 0 Å². The van der Waals surface area contributed by atoms with Gasteiger partial charge >= 0.3 is 0 Å². The third-order valence-electron chi connectivity index (χ3n) is 18.6. The minimum atomic E-state index is 0.347. The molecule has 0 amide bonds. The SMILES string of the molecule is Cc1ccc(C(C)C)cc1N(c1cccc(-c2ccccc2)c1)c1ccc2c(-c3ccccc3)c3c(c(-c4ccccc4)c2c1)-c1c-3c(-c2ccccc2)c2cc(N(c3cccc(-c4ccccc4)c3)c3cc(C(C)C)ccc3C)ccc2c1-c1ccccc1. The van der Waals surface area contributed by atoms with Gasteiger partial charge < -0.3 is 9.80 Å². The molecule has 0 fully saturated rings. The zero-order valence-corrected chi connectivity index (χ0v) is 51.9. The minimum absolute atomic E-state index is 0.347. The number of hydrogen-bond donors (Lipinski definition) is 0.